The highest BCUT2D eigenvalue weighted by Gasteiger charge is 2.36. The number of aryl methyl sites for hydroxylation is 2. The molecule has 0 unspecified atom stereocenters. The van der Waals surface area contributed by atoms with Gasteiger partial charge in [-0.1, -0.05) is 0 Å². The average Bonchev–Trinajstić information content (AvgIpc) is 3.20. The molecular weight excluding hydrogens is 336 g/mol. The Bertz CT molecular complexity index is 763. The molecule has 2 aromatic rings. The fourth-order valence-corrected chi connectivity index (χ4v) is 4.72. The van der Waals surface area contributed by atoms with Crippen LogP contribution in [0.4, 0.5) is 0 Å². The van der Waals surface area contributed by atoms with Gasteiger partial charge in [-0.3, -0.25) is 9.69 Å². The van der Waals surface area contributed by atoms with E-state index in [9.17, 15) is 4.79 Å². The number of carbonyl (C=O) groups is 1. The van der Waals surface area contributed by atoms with Crippen molar-refractivity contribution in [3.63, 3.8) is 0 Å². The third kappa shape index (κ3) is 3.36. The van der Waals surface area contributed by atoms with Crippen molar-refractivity contribution in [1.29, 1.82) is 0 Å². The number of carbonyl (C=O) groups excluding carboxylic acids is 1. The first-order valence-corrected chi connectivity index (χ1v) is 9.58. The second kappa shape index (κ2) is 6.90. The molecule has 4 heterocycles. The van der Waals surface area contributed by atoms with Gasteiger partial charge in [-0.15, -0.1) is 11.3 Å². The van der Waals surface area contributed by atoms with Gasteiger partial charge in [0.2, 0.25) is 5.91 Å². The summed E-state index contributed by atoms with van der Waals surface area (Å²) in [6, 6.07) is 4.35. The first-order valence-electron chi connectivity index (χ1n) is 8.76. The van der Waals surface area contributed by atoms with Crippen LogP contribution >= 0.6 is 11.3 Å². The van der Waals surface area contributed by atoms with Gasteiger partial charge in [0.25, 0.3) is 0 Å². The normalized spacial score (nSPS) is 21.4. The van der Waals surface area contributed by atoms with Crippen LogP contribution in [0.5, 0.6) is 0 Å². The third-order valence-corrected chi connectivity index (χ3v) is 5.99. The topological polar surface area (TPSA) is 50.6 Å². The lowest BCUT2D eigenvalue weighted by Crippen LogP contribution is -2.47. The van der Waals surface area contributed by atoms with Crippen molar-refractivity contribution in [2.75, 3.05) is 32.8 Å². The summed E-state index contributed by atoms with van der Waals surface area (Å²) in [6.07, 6.45) is 1.84. The van der Waals surface area contributed by atoms with E-state index in [-0.39, 0.29) is 11.8 Å². The Hall–Kier alpha value is -1.70. The van der Waals surface area contributed by atoms with E-state index in [4.69, 9.17) is 4.74 Å². The Morgan fingerprint density at radius 2 is 2.16 bits per heavy atom. The molecule has 1 fully saturated rings. The minimum atomic E-state index is -0.143. The molecule has 0 bridgehead atoms. The number of amides is 1. The van der Waals surface area contributed by atoms with Crippen LogP contribution in [0.1, 0.15) is 27.1 Å². The number of hydrogen-bond donors (Lipinski definition) is 0. The van der Waals surface area contributed by atoms with Gasteiger partial charge in [0.05, 0.1) is 36.8 Å². The Kier molecular flexibility index (Phi) is 4.62. The zero-order valence-electron chi connectivity index (χ0n) is 14.8. The molecule has 2 aromatic heterocycles. The molecule has 1 saturated heterocycles. The molecule has 1 atom stereocenters. The number of hydrogen-bond acceptors (Lipinski definition) is 5. The van der Waals surface area contributed by atoms with Crippen molar-refractivity contribution < 1.29 is 9.53 Å². The van der Waals surface area contributed by atoms with Crippen LogP contribution in [0, 0.1) is 6.92 Å². The van der Waals surface area contributed by atoms with E-state index in [0.717, 1.165) is 31.0 Å². The molecule has 1 amide bonds. The molecule has 0 aliphatic carbocycles. The fraction of sp³-hybridized carbons (Fsp3) is 0.556. The van der Waals surface area contributed by atoms with E-state index in [2.05, 4.69) is 28.9 Å². The molecule has 25 heavy (non-hydrogen) atoms. The van der Waals surface area contributed by atoms with Crippen LogP contribution in [0.3, 0.4) is 0 Å². The Morgan fingerprint density at radius 3 is 2.88 bits per heavy atom. The molecule has 0 N–H and O–H groups in total. The second-order valence-electron chi connectivity index (χ2n) is 6.86. The van der Waals surface area contributed by atoms with Gasteiger partial charge in [0, 0.05) is 49.5 Å². The smallest absolute Gasteiger partial charge is 0.233 e. The lowest BCUT2D eigenvalue weighted by Gasteiger charge is -2.36. The minimum absolute atomic E-state index is 0.143. The van der Waals surface area contributed by atoms with E-state index in [1.54, 1.807) is 0 Å². The number of thiophene rings is 1. The predicted octanol–water partition coefficient (Wildman–Crippen LogP) is 1.75. The van der Waals surface area contributed by atoms with E-state index >= 15 is 0 Å². The summed E-state index contributed by atoms with van der Waals surface area (Å²) in [5.41, 5.74) is 2.11. The maximum Gasteiger partial charge on any atom is 0.233 e. The summed E-state index contributed by atoms with van der Waals surface area (Å²) in [6.45, 7) is 7.20. The molecule has 7 heteroatoms. The number of aromatic nitrogens is 2. The van der Waals surface area contributed by atoms with E-state index in [0.29, 0.717) is 26.3 Å². The average molecular weight is 360 g/mol. The largest absolute Gasteiger partial charge is 0.378 e. The molecular formula is C18H24N4O2S. The number of nitrogens with zero attached hydrogens (tertiary/aromatic N) is 4. The lowest BCUT2D eigenvalue weighted by atomic mass is 9.96. The summed E-state index contributed by atoms with van der Waals surface area (Å²) < 4.78 is 7.42. The van der Waals surface area contributed by atoms with Gasteiger partial charge in [-0.25, -0.2) is 4.98 Å². The maximum atomic E-state index is 13.2. The number of imidazole rings is 1. The van der Waals surface area contributed by atoms with Crippen LogP contribution in [-0.2, 0) is 29.7 Å². The highest BCUT2D eigenvalue weighted by Crippen LogP contribution is 2.31. The summed E-state index contributed by atoms with van der Waals surface area (Å²) in [5.74, 6) is 0.0654. The van der Waals surface area contributed by atoms with Gasteiger partial charge < -0.3 is 14.2 Å². The highest BCUT2D eigenvalue weighted by atomic mass is 32.1. The second-order valence-corrected chi connectivity index (χ2v) is 8.23. The summed E-state index contributed by atoms with van der Waals surface area (Å²) in [5, 5.41) is 0. The standard InChI is InChI=1S/C18H24N4O2S/c1-13-3-4-14(25-13)9-21-10-15(17-16(11-21)19-12-20(17)2)18(23)22-5-7-24-8-6-22/h3-4,12,15H,5-11H2,1-2H3/t15-/m0/s1. The highest BCUT2D eigenvalue weighted by molar-refractivity contribution is 7.11. The quantitative estimate of drug-likeness (QED) is 0.837. The van der Waals surface area contributed by atoms with E-state index in [1.165, 1.54) is 9.75 Å². The van der Waals surface area contributed by atoms with Gasteiger partial charge >= 0.3 is 0 Å². The van der Waals surface area contributed by atoms with Crippen molar-refractivity contribution in [3.05, 3.63) is 39.6 Å². The SMILES string of the molecule is Cc1ccc(CN2Cc3ncn(C)c3[C@@H](C(=O)N3CCOCC3)C2)s1. The van der Waals surface area contributed by atoms with Crippen molar-refractivity contribution in [1.82, 2.24) is 19.4 Å². The molecule has 0 radical (unpaired) electrons. The number of fused-ring (bicyclic) bond motifs is 1. The molecule has 134 valence electrons. The Morgan fingerprint density at radius 1 is 1.36 bits per heavy atom. The van der Waals surface area contributed by atoms with Crippen molar-refractivity contribution in [3.8, 4) is 0 Å². The van der Waals surface area contributed by atoms with Crippen LogP contribution < -0.4 is 0 Å². The van der Waals surface area contributed by atoms with Crippen molar-refractivity contribution >= 4 is 17.2 Å². The van der Waals surface area contributed by atoms with Gasteiger partial charge in [0.1, 0.15) is 0 Å². The number of ether oxygens (including phenoxy) is 1. The lowest BCUT2D eigenvalue weighted by molar-refractivity contribution is -0.138. The fourth-order valence-electron chi connectivity index (χ4n) is 3.79. The van der Waals surface area contributed by atoms with Crippen molar-refractivity contribution in [2.45, 2.75) is 25.9 Å². The van der Waals surface area contributed by atoms with Crippen molar-refractivity contribution in [2.24, 2.45) is 7.05 Å². The Balaban J connectivity index is 1.57. The molecule has 0 saturated carbocycles. The number of rotatable bonds is 3. The molecule has 6 nitrogen and oxygen atoms in total. The predicted molar refractivity (Wildman–Crippen MR) is 96.5 cm³/mol. The first-order chi connectivity index (χ1) is 12.1. The first kappa shape index (κ1) is 16.8. The van der Waals surface area contributed by atoms with Crippen LogP contribution in [-0.4, -0.2) is 58.1 Å². The summed E-state index contributed by atoms with van der Waals surface area (Å²) in [7, 11) is 1.99. The molecule has 0 aromatic carbocycles. The number of morpholine rings is 1. The van der Waals surface area contributed by atoms with E-state index < -0.39 is 0 Å². The monoisotopic (exact) mass is 360 g/mol. The van der Waals surface area contributed by atoms with Crippen LogP contribution in [0.15, 0.2) is 18.5 Å². The zero-order chi connectivity index (χ0) is 17.4. The summed E-state index contributed by atoms with van der Waals surface area (Å²) in [4.78, 5) is 24.7. The van der Waals surface area contributed by atoms with Crippen LogP contribution in [0.2, 0.25) is 0 Å². The zero-order valence-corrected chi connectivity index (χ0v) is 15.6. The van der Waals surface area contributed by atoms with Crippen LogP contribution in [0.25, 0.3) is 0 Å². The minimum Gasteiger partial charge on any atom is -0.378 e. The molecule has 0 spiro atoms. The Labute approximate surface area is 152 Å². The van der Waals surface area contributed by atoms with E-state index in [1.807, 2.05) is 34.2 Å². The molecule has 2 aliphatic rings. The van der Waals surface area contributed by atoms with Gasteiger partial charge in [-0.05, 0) is 19.1 Å². The maximum absolute atomic E-state index is 13.2. The third-order valence-electron chi connectivity index (χ3n) is 5.00. The van der Waals surface area contributed by atoms with Gasteiger partial charge in [-0.2, -0.15) is 0 Å². The molecule has 2 aliphatic heterocycles. The summed E-state index contributed by atoms with van der Waals surface area (Å²) >= 11 is 1.83. The van der Waals surface area contributed by atoms with Gasteiger partial charge in [0.15, 0.2) is 0 Å². The molecule has 4 rings (SSSR count).